The lowest BCUT2D eigenvalue weighted by molar-refractivity contribution is -0.139. The SMILES string of the molecule is COc1ccc(C)cc1N(CC(=O)N(Cc1cccc(C)c1)C(C)C(=O)NCC(C)C)S(=O)(=O)c1ccc(C)cc1. The number of methoxy groups -OCH3 is 1. The van der Waals surface area contributed by atoms with Crippen LogP contribution in [0.15, 0.2) is 71.6 Å². The van der Waals surface area contributed by atoms with Crippen molar-refractivity contribution in [3.63, 3.8) is 0 Å². The summed E-state index contributed by atoms with van der Waals surface area (Å²) in [6, 6.07) is 18.5. The number of aryl methyl sites for hydroxylation is 3. The highest BCUT2D eigenvalue weighted by molar-refractivity contribution is 7.92. The Morgan fingerprint density at radius 3 is 2.12 bits per heavy atom. The van der Waals surface area contributed by atoms with Gasteiger partial charge in [-0.15, -0.1) is 0 Å². The zero-order chi connectivity index (χ0) is 30.3. The molecule has 0 aliphatic carbocycles. The quantitative estimate of drug-likeness (QED) is 0.326. The fourth-order valence-electron chi connectivity index (χ4n) is 4.39. The second kappa shape index (κ2) is 13.7. The van der Waals surface area contributed by atoms with Gasteiger partial charge in [-0.1, -0.05) is 67.4 Å². The molecule has 1 N–H and O–H groups in total. The van der Waals surface area contributed by atoms with Crippen LogP contribution in [0, 0.1) is 26.7 Å². The number of sulfonamides is 1. The van der Waals surface area contributed by atoms with Crippen LogP contribution in [-0.4, -0.2) is 51.4 Å². The lowest BCUT2D eigenvalue weighted by Gasteiger charge is -2.32. The molecule has 3 aromatic rings. The van der Waals surface area contributed by atoms with E-state index in [1.165, 1.54) is 24.1 Å². The number of anilines is 1. The first-order valence-electron chi connectivity index (χ1n) is 13.7. The highest BCUT2D eigenvalue weighted by Crippen LogP contribution is 2.34. The van der Waals surface area contributed by atoms with Crippen molar-refractivity contribution in [3.8, 4) is 5.75 Å². The number of hydrogen-bond donors (Lipinski definition) is 1. The van der Waals surface area contributed by atoms with Gasteiger partial charge in [-0.3, -0.25) is 13.9 Å². The Morgan fingerprint density at radius 1 is 0.878 bits per heavy atom. The molecule has 1 atom stereocenters. The Hall–Kier alpha value is -3.85. The molecule has 0 bridgehead atoms. The summed E-state index contributed by atoms with van der Waals surface area (Å²) in [5, 5.41) is 2.90. The van der Waals surface area contributed by atoms with Gasteiger partial charge < -0.3 is 15.0 Å². The van der Waals surface area contributed by atoms with Crippen LogP contribution in [0.5, 0.6) is 5.75 Å². The third-order valence-corrected chi connectivity index (χ3v) is 8.55. The van der Waals surface area contributed by atoms with Gasteiger partial charge in [-0.05, 0) is 69.0 Å². The zero-order valence-electron chi connectivity index (χ0n) is 25.0. The van der Waals surface area contributed by atoms with Gasteiger partial charge in [-0.2, -0.15) is 0 Å². The molecule has 0 radical (unpaired) electrons. The predicted octanol–water partition coefficient (Wildman–Crippen LogP) is 5.01. The van der Waals surface area contributed by atoms with Crippen molar-refractivity contribution in [1.82, 2.24) is 10.2 Å². The Kier molecular flexibility index (Phi) is 10.6. The summed E-state index contributed by atoms with van der Waals surface area (Å²) in [4.78, 5) is 28.7. The molecule has 0 aromatic heterocycles. The molecule has 2 amide bonds. The summed E-state index contributed by atoms with van der Waals surface area (Å²) in [5.74, 6) is -0.276. The zero-order valence-corrected chi connectivity index (χ0v) is 25.8. The average Bonchev–Trinajstić information content (AvgIpc) is 2.93. The molecule has 1 unspecified atom stereocenters. The van der Waals surface area contributed by atoms with E-state index < -0.39 is 28.5 Å². The van der Waals surface area contributed by atoms with Crippen LogP contribution < -0.4 is 14.4 Å². The maximum absolute atomic E-state index is 14.1. The molecule has 9 heteroatoms. The molecule has 0 heterocycles. The van der Waals surface area contributed by atoms with Crippen molar-refractivity contribution in [3.05, 3.63) is 89.0 Å². The van der Waals surface area contributed by atoms with Crippen molar-refractivity contribution in [1.29, 1.82) is 0 Å². The van der Waals surface area contributed by atoms with E-state index in [0.717, 1.165) is 26.6 Å². The summed E-state index contributed by atoms with van der Waals surface area (Å²) in [6.07, 6.45) is 0. The molecular weight excluding hydrogens is 538 g/mol. The fourth-order valence-corrected chi connectivity index (χ4v) is 5.80. The van der Waals surface area contributed by atoms with Gasteiger partial charge >= 0.3 is 0 Å². The number of ether oxygens (including phenoxy) is 1. The van der Waals surface area contributed by atoms with Gasteiger partial charge in [0.25, 0.3) is 10.0 Å². The van der Waals surface area contributed by atoms with Gasteiger partial charge in [0.05, 0.1) is 17.7 Å². The van der Waals surface area contributed by atoms with Crippen LogP contribution in [0.3, 0.4) is 0 Å². The number of rotatable bonds is 12. The van der Waals surface area contributed by atoms with Gasteiger partial charge in [-0.25, -0.2) is 8.42 Å². The standard InChI is InChI=1S/C32H41N3O5S/c1-22(2)19-33-32(37)26(6)34(20-27-10-8-9-24(4)17-27)31(36)21-35(29-18-25(5)13-16-30(29)40-7)41(38,39)28-14-11-23(3)12-15-28/h8-18,22,26H,19-21H2,1-7H3,(H,33,37). The number of nitrogens with one attached hydrogen (secondary N) is 1. The molecule has 0 aliphatic rings. The minimum absolute atomic E-state index is 0.0485. The van der Waals surface area contributed by atoms with Crippen LogP contribution >= 0.6 is 0 Å². The van der Waals surface area contributed by atoms with Gasteiger partial charge in [0.2, 0.25) is 11.8 Å². The Morgan fingerprint density at radius 2 is 1.51 bits per heavy atom. The highest BCUT2D eigenvalue weighted by atomic mass is 32.2. The van der Waals surface area contributed by atoms with Crippen molar-refractivity contribution in [2.45, 2.75) is 59.0 Å². The van der Waals surface area contributed by atoms with E-state index in [1.54, 1.807) is 31.2 Å². The van der Waals surface area contributed by atoms with Gasteiger partial charge in [0, 0.05) is 13.1 Å². The largest absolute Gasteiger partial charge is 0.495 e. The molecule has 3 rings (SSSR count). The van der Waals surface area contributed by atoms with E-state index in [1.807, 2.05) is 65.0 Å². The molecule has 220 valence electrons. The summed E-state index contributed by atoms with van der Waals surface area (Å²) < 4.78 is 34.8. The maximum atomic E-state index is 14.1. The number of benzene rings is 3. The molecular formula is C32H41N3O5S. The Labute approximate surface area is 244 Å². The smallest absolute Gasteiger partial charge is 0.264 e. The molecule has 0 spiro atoms. The first-order valence-corrected chi connectivity index (χ1v) is 15.1. The fraction of sp³-hybridized carbons (Fsp3) is 0.375. The average molecular weight is 580 g/mol. The van der Waals surface area contributed by atoms with Crippen molar-refractivity contribution in [2.75, 3.05) is 24.5 Å². The molecule has 0 saturated carbocycles. The van der Waals surface area contributed by atoms with E-state index in [2.05, 4.69) is 5.32 Å². The van der Waals surface area contributed by atoms with E-state index in [4.69, 9.17) is 4.74 Å². The van der Waals surface area contributed by atoms with Crippen LogP contribution in [0.25, 0.3) is 0 Å². The molecule has 0 saturated heterocycles. The normalized spacial score (nSPS) is 12.1. The number of carbonyl (C=O) groups is 2. The van der Waals surface area contributed by atoms with Crippen molar-refractivity contribution < 1.29 is 22.7 Å². The van der Waals surface area contributed by atoms with Crippen molar-refractivity contribution >= 4 is 27.5 Å². The predicted molar refractivity (Wildman–Crippen MR) is 162 cm³/mol. The van der Waals surface area contributed by atoms with Crippen LogP contribution in [-0.2, 0) is 26.2 Å². The van der Waals surface area contributed by atoms with Crippen molar-refractivity contribution in [2.24, 2.45) is 5.92 Å². The lowest BCUT2D eigenvalue weighted by atomic mass is 10.1. The monoisotopic (exact) mass is 579 g/mol. The summed E-state index contributed by atoms with van der Waals surface area (Å²) in [7, 11) is -2.73. The molecule has 41 heavy (non-hydrogen) atoms. The Balaban J connectivity index is 2.08. The minimum atomic E-state index is -4.19. The van der Waals surface area contributed by atoms with E-state index in [9.17, 15) is 18.0 Å². The van der Waals surface area contributed by atoms with Crippen LogP contribution in [0.4, 0.5) is 5.69 Å². The van der Waals surface area contributed by atoms with E-state index in [-0.39, 0.29) is 29.0 Å². The number of carbonyl (C=O) groups excluding carboxylic acids is 2. The van der Waals surface area contributed by atoms with E-state index >= 15 is 0 Å². The molecule has 0 aliphatic heterocycles. The van der Waals surface area contributed by atoms with E-state index in [0.29, 0.717) is 12.3 Å². The number of amides is 2. The first-order chi connectivity index (χ1) is 19.3. The van der Waals surface area contributed by atoms with Gasteiger partial charge in [0.15, 0.2) is 0 Å². The lowest BCUT2D eigenvalue weighted by Crippen LogP contribution is -2.51. The molecule has 3 aromatic carbocycles. The number of hydrogen-bond acceptors (Lipinski definition) is 5. The second-order valence-electron chi connectivity index (χ2n) is 10.8. The number of nitrogens with zero attached hydrogens (tertiary/aromatic N) is 2. The summed E-state index contributed by atoms with van der Waals surface area (Å²) in [6.45, 7) is 11.4. The second-order valence-corrected chi connectivity index (χ2v) is 12.7. The summed E-state index contributed by atoms with van der Waals surface area (Å²) >= 11 is 0. The molecule has 0 fully saturated rings. The highest BCUT2D eigenvalue weighted by Gasteiger charge is 2.34. The van der Waals surface area contributed by atoms with Crippen LogP contribution in [0.2, 0.25) is 0 Å². The maximum Gasteiger partial charge on any atom is 0.264 e. The first kappa shape index (κ1) is 31.7. The Bertz CT molecular complexity index is 1470. The topological polar surface area (TPSA) is 96.0 Å². The third-order valence-electron chi connectivity index (χ3n) is 6.78. The van der Waals surface area contributed by atoms with Gasteiger partial charge in [0.1, 0.15) is 18.3 Å². The molecule has 8 nitrogen and oxygen atoms in total. The van der Waals surface area contributed by atoms with Crippen LogP contribution in [0.1, 0.15) is 43.0 Å². The summed E-state index contributed by atoms with van der Waals surface area (Å²) in [5.41, 5.74) is 3.80. The third kappa shape index (κ3) is 8.10. The minimum Gasteiger partial charge on any atom is -0.495 e.